The van der Waals surface area contributed by atoms with Crippen LogP contribution in [0.1, 0.15) is 29.8 Å². The van der Waals surface area contributed by atoms with Crippen molar-refractivity contribution in [2.75, 3.05) is 26.2 Å². The summed E-state index contributed by atoms with van der Waals surface area (Å²) in [6, 6.07) is 8.77. The van der Waals surface area contributed by atoms with Crippen molar-refractivity contribution in [2.45, 2.75) is 19.3 Å². The van der Waals surface area contributed by atoms with E-state index >= 15 is 0 Å². The van der Waals surface area contributed by atoms with E-state index in [4.69, 9.17) is 21.9 Å². The number of nitrogens with one attached hydrogen (secondary N) is 1. The molecule has 1 saturated heterocycles. The molecule has 144 valence electrons. The number of piperidine rings is 1. The fourth-order valence-electron chi connectivity index (χ4n) is 3.25. The number of nitrogens with zero attached hydrogens (tertiary/aromatic N) is 2. The van der Waals surface area contributed by atoms with E-state index in [2.05, 4.69) is 15.4 Å². The molecule has 0 bridgehead atoms. The Morgan fingerprint density at radius 3 is 3.00 bits per heavy atom. The molecule has 0 aliphatic carbocycles. The number of hydrogen-bond acceptors (Lipinski definition) is 5. The van der Waals surface area contributed by atoms with E-state index in [1.54, 1.807) is 18.2 Å². The molecule has 0 radical (unpaired) electrons. The number of carbonyl (C=O) groups is 2. The van der Waals surface area contributed by atoms with Gasteiger partial charge in [0.05, 0.1) is 5.92 Å². The summed E-state index contributed by atoms with van der Waals surface area (Å²) in [7, 11) is 0. The van der Waals surface area contributed by atoms with Crippen molar-refractivity contribution < 1.29 is 14.1 Å². The Bertz CT molecular complexity index is 808. The Kier molecular flexibility index (Phi) is 6.47. The fraction of sp³-hybridized carbons (Fsp3) is 0.421. The van der Waals surface area contributed by atoms with Crippen LogP contribution in [0.4, 0.5) is 0 Å². The van der Waals surface area contributed by atoms with Gasteiger partial charge in [0, 0.05) is 29.7 Å². The Morgan fingerprint density at radius 1 is 1.37 bits per heavy atom. The maximum Gasteiger partial charge on any atom is 0.273 e. The number of nitrogens with two attached hydrogens (primary N) is 1. The average molecular weight is 391 g/mol. The third kappa shape index (κ3) is 5.30. The molecule has 8 heteroatoms. The first-order valence-electron chi connectivity index (χ1n) is 9.05. The lowest BCUT2D eigenvalue weighted by atomic mass is 9.97. The van der Waals surface area contributed by atoms with Crippen molar-refractivity contribution in [1.29, 1.82) is 0 Å². The number of carbonyl (C=O) groups excluding carboxylic acids is 2. The van der Waals surface area contributed by atoms with Crippen molar-refractivity contribution >= 4 is 23.4 Å². The van der Waals surface area contributed by atoms with E-state index in [9.17, 15) is 9.59 Å². The van der Waals surface area contributed by atoms with Crippen LogP contribution in [0.5, 0.6) is 0 Å². The minimum atomic E-state index is -0.277. The van der Waals surface area contributed by atoms with Gasteiger partial charge in [-0.25, -0.2) is 0 Å². The topological polar surface area (TPSA) is 101 Å². The smallest absolute Gasteiger partial charge is 0.273 e. The van der Waals surface area contributed by atoms with Crippen LogP contribution in [-0.4, -0.2) is 48.0 Å². The van der Waals surface area contributed by atoms with Crippen molar-refractivity contribution in [3.05, 3.63) is 41.0 Å². The summed E-state index contributed by atoms with van der Waals surface area (Å²) in [5.74, 6) is -0.0722. The van der Waals surface area contributed by atoms with E-state index in [0.29, 0.717) is 23.9 Å². The van der Waals surface area contributed by atoms with Gasteiger partial charge in [-0.1, -0.05) is 28.9 Å². The number of aromatic nitrogens is 1. The number of benzene rings is 1. The molecule has 1 atom stereocenters. The summed E-state index contributed by atoms with van der Waals surface area (Å²) in [6.07, 6.45) is 2.63. The first kappa shape index (κ1) is 19.4. The van der Waals surface area contributed by atoms with Crippen molar-refractivity contribution in [1.82, 2.24) is 15.4 Å². The lowest BCUT2D eigenvalue weighted by Crippen LogP contribution is -2.42. The lowest BCUT2D eigenvalue weighted by Gasteiger charge is -2.31. The van der Waals surface area contributed by atoms with Gasteiger partial charge >= 0.3 is 0 Å². The highest BCUT2D eigenvalue weighted by Crippen LogP contribution is 2.23. The normalized spacial score (nSPS) is 17.6. The Hall–Kier alpha value is -2.38. The van der Waals surface area contributed by atoms with Gasteiger partial charge in [0.15, 0.2) is 11.5 Å². The van der Waals surface area contributed by atoms with E-state index in [0.717, 1.165) is 37.9 Å². The first-order chi connectivity index (χ1) is 13.0. The summed E-state index contributed by atoms with van der Waals surface area (Å²) < 4.78 is 5.24. The fourth-order valence-corrected chi connectivity index (χ4v) is 3.44. The number of hydrogen-bond donors (Lipinski definition) is 2. The van der Waals surface area contributed by atoms with Crippen molar-refractivity contribution in [2.24, 2.45) is 11.7 Å². The molecule has 3 rings (SSSR count). The van der Waals surface area contributed by atoms with E-state index < -0.39 is 0 Å². The Labute approximate surface area is 162 Å². The molecule has 1 aromatic carbocycles. The maximum absolute atomic E-state index is 12.2. The Balaban J connectivity index is 1.44. The van der Waals surface area contributed by atoms with Gasteiger partial charge in [0.2, 0.25) is 5.91 Å². The van der Waals surface area contributed by atoms with Gasteiger partial charge < -0.3 is 20.5 Å². The van der Waals surface area contributed by atoms with E-state index in [1.165, 1.54) is 0 Å². The van der Waals surface area contributed by atoms with Crippen molar-refractivity contribution in [3.63, 3.8) is 0 Å². The predicted octanol–water partition coefficient (Wildman–Crippen LogP) is 2.31. The monoisotopic (exact) mass is 390 g/mol. The Morgan fingerprint density at radius 2 is 2.22 bits per heavy atom. The second-order valence-electron chi connectivity index (χ2n) is 6.74. The van der Waals surface area contributed by atoms with Gasteiger partial charge in [-0.2, -0.15) is 0 Å². The van der Waals surface area contributed by atoms with Crippen molar-refractivity contribution in [3.8, 4) is 11.3 Å². The number of halogens is 1. The van der Waals surface area contributed by atoms with Crippen LogP contribution in [0.15, 0.2) is 34.9 Å². The van der Waals surface area contributed by atoms with Gasteiger partial charge in [0.1, 0.15) is 0 Å². The molecular formula is C19H23ClN4O3. The molecule has 1 aliphatic heterocycles. The number of primary amides is 1. The zero-order valence-corrected chi connectivity index (χ0v) is 15.7. The van der Waals surface area contributed by atoms with Gasteiger partial charge in [0.25, 0.3) is 5.91 Å². The summed E-state index contributed by atoms with van der Waals surface area (Å²) >= 11 is 5.97. The lowest BCUT2D eigenvalue weighted by molar-refractivity contribution is -0.123. The van der Waals surface area contributed by atoms with Crippen LogP contribution in [0.2, 0.25) is 5.02 Å². The van der Waals surface area contributed by atoms with Crippen LogP contribution >= 0.6 is 11.6 Å². The molecule has 1 aromatic heterocycles. The van der Waals surface area contributed by atoms with Gasteiger partial charge in [-0.05, 0) is 44.5 Å². The molecule has 2 heterocycles. The van der Waals surface area contributed by atoms with E-state index in [1.807, 2.05) is 12.1 Å². The van der Waals surface area contributed by atoms with Crippen LogP contribution in [-0.2, 0) is 4.79 Å². The third-order valence-electron chi connectivity index (χ3n) is 4.70. The largest absolute Gasteiger partial charge is 0.369 e. The minimum absolute atomic E-state index is 0.0617. The molecule has 1 aliphatic rings. The standard InChI is InChI=1S/C19H23ClN4O3/c20-15-6-1-4-13(10-15)17-11-16(23-27-17)19(26)22-7-3-9-24-8-2-5-14(12-24)18(21)25/h1,4,6,10-11,14H,2-3,5,7-9,12H2,(H2,21,25)(H,22,26). The third-order valence-corrected chi connectivity index (χ3v) is 4.93. The highest BCUT2D eigenvalue weighted by atomic mass is 35.5. The first-order valence-corrected chi connectivity index (χ1v) is 9.43. The number of rotatable bonds is 7. The zero-order valence-electron chi connectivity index (χ0n) is 15.0. The quantitative estimate of drug-likeness (QED) is 0.706. The summed E-state index contributed by atoms with van der Waals surface area (Å²) in [4.78, 5) is 25.7. The summed E-state index contributed by atoms with van der Waals surface area (Å²) in [5, 5.41) is 7.26. The van der Waals surface area contributed by atoms with Crippen LogP contribution in [0.3, 0.4) is 0 Å². The van der Waals surface area contributed by atoms with Crippen LogP contribution in [0.25, 0.3) is 11.3 Å². The maximum atomic E-state index is 12.2. The second kappa shape index (κ2) is 9.01. The molecule has 27 heavy (non-hydrogen) atoms. The minimum Gasteiger partial charge on any atom is -0.369 e. The predicted molar refractivity (Wildman–Crippen MR) is 102 cm³/mol. The molecule has 1 fully saturated rings. The molecule has 0 saturated carbocycles. The number of amides is 2. The van der Waals surface area contributed by atoms with Gasteiger partial charge in [-0.15, -0.1) is 0 Å². The molecule has 1 unspecified atom stereocenters. The zero-order chi connectivity index (χ0) is 19.2. The van der Waals surface area contributed by atoms with Gasteiger partial charge in [-0.3, -0.25) is 9.59 Å². The average Bonchev–Trinajstić information content (AvgIpc) is 3.16. The SMILES string of the molecule is NC(=O)C1CCCN(CCCNC(=O)c2cc(-c3cccc(Cl)c3)on2)C1. The van der Waals surface area contributed by atoms with Crippen LogP contribution < -0.4 is 11.1 Å². The summed E-state index contributed by atoms with van der Waals surface area (Å²) in [6.45, 7) is 3.01. The van der Waals surface area contributed by atoms with Crippen LogP contribution in [0, 0.1) is 5.92 Å². The highest BCUT2D eigenvalue weighted by molar-refractivity contribution is 6.30. The molecule has 3 N–H and O–H groups in total. The summed E-state index contributed by atoms with van der Waals surface area (Å²) in [5.41, 5.74) is 6.39. The molecular weight excluding hydrogens is 368 g/mol. The van der Waals surface area contributed by atoms with E-state index in [-0.39, 0.29) is 23.4 Å². The molecule has 2 aromatic rings. The molecule has 0 spiro atoms. The second-order valence-corrected chi connectivity index (χ2v) is 7.17. The molecule has 2 amide bonds. The number of likely N-dealkylation sites (tertiary alicyclic amines) is 1. The highest BCUT2D eigenvalue weighted by Gasteiger charge is 2.23. The molecule has 7 nitrogen and oxygen atoms in total.